The maximum atomic E-state index is 12.0. The zero-order valence-corrected chi connectivity index (χ0v) is 14.9. The van der Waals surface area contributed by atoms with Crippen LogP contribution in [0.15, 0.2) is 48.5 Å². The molecule has 2 aromatic rings. The summed E-state index contributed by atoms with van der Waals surface area (Å²) in [6, 6.07) is 14.6. The van der Waals surface area contributed by atoms with Crippen molar-refractivity contribution in [1.29, 1.82) is 0 Å². The van der Waals surface area contributed by atoms with Gasteiger partial charge >= 0.3 is 6.03 Å². The Morgan fingerprint density at radius 1 is 1.08 bits per heavy atom. The molecule has 5 N–H and O–H groups in total. The minimum absolute atomic E-state index is 0.00515. The van der Waals surface area contributed by atoms with Crippen molar-refractivity contribution in [2.75, 3.05) is 13.2 Å². The van der Waals surface area contributed by atoms with Gasteiger partial charge in [0.05, 0.1) is 0 Å². The Morgan fingerprint density at radius 2 is 1.81 bits per heavy atom. The average molecular weight is 355 g/mol. The molecular weight excluding hydrogens is 330 g/mol. The molecule has 3 amide bonds. The molecule has 0 saturated carbocycles. The summed E-state index contributed by atoms with van der Waals surface area (Å²) < 4.78 is 0. The van der Waals surface area contributed by atoms with Crippen LogP contribution >= 0.6 is 0 Å². The first-order chi connectivity index (χ1) is 12.5. The smallest absolute Gasteiger partial charge is 0.315 e. The van der Waals surface area contributed by atoms with Gasteiger partial charge in [0.15, 0.2) is 0 Å². The molecule has 6 heteroatoms. The number of carbonyl (C=O) groups is 2. The highest BCUT2D eigenvalue weighted by atomic mass is 16.3. The summed E-state index contributed by atoms with van der Waals surface area (Å²) in [5.41, 5.74) is 8.75. The zero-order valence-electron chi connectivity index (χ0n) is 14.9. The van der Waals surface area contributed by atoms with E-state index >= 15 is 0 Å². The van der Waals surface area contributed by atoms with Crippen LogP contribution in [0.3, 0.4) is 0 Å². The molecule has 0 unspecified atom stereocenters. The summed E-state index contributed by atoms with van der Waals surface area (Å²) in [4.78, 5) is 23.1. The number of aliphatic hydroxyl groups is 1. The Hall–Kier alpha value is -2.86. The van der Waals surface area contributed by atoms with Crippen LogP contribution in [0.2, 0.25) is 0 Å². The van der Waals surface area contributed by atoms with E-state index in [4.69, 9.17) is 5.73 Å². The minimum Gasteiger partial charge on any atom is -0.396 e. The van der Waals surface area contributed by atoms with E-state index < -0.39 is 5.91 Å². The van der Waals surface area contributed by atoms with Crippen LogP contribution < -0.4 is 16.4 Å². The van der Waals surface area contributed by atoms with Gasteiger partial charge in [-0.15, -0.1) is 0 Å². The Morgan fingerprint density at radius 3 is 2.46 bits per heavy atom. The van der Waals surface area contributed by atoms with E-state index in [-0.39, 0.29) is 25.1 Å². The summed E-state index contributed by atoms with van der Waals surface area (Å²) >= 11 is 0. The zero-order chi connectivity index (χ0) is 18.9. The molecule has 0 heterocycles. The van der Waals surface area contributed by atoms with E-state index in [1.54, 1.807) is 24.3 Å². The van der Waals surface area contributed by atoms with Gasteiger partial charge in [-0.25, -0.2) is 4.79 Å². The molecule has 0 saturated heterocycles. The van der Waals surface area contributed by atoms with Crippen LogP contribution in [0.25, 0.3) is 0 Å². The van der Waals surface area contributed by atoms with E-state index in [1.807, 2.05) is 31.2 Å². The van der Waals surface area contributed by atoms with Crippen LogP contribution in [0.1, 0.15) is 27.0 Å². The molecule has 26 heavy (non-hydrogen) atoms. The van der Waals surface area contributed by atoms with Gasteiger partial charge in [-0.3, -0.25) is 4.79 Å². The van der Waals surface area contributed by atoms with Gasteiger partial charge in [-0.2, -0.15) is 0 Å². The Balaban J connectivity index is 1.78. The van der Waals surface area contributed by atoms with Crippen molar-refractivity contribution in [1.82, 2.24) is 10.6 Å². The maximum absolute atomic E-state index is 12.0. The van der Waals surface area contributed by atoms with Crippen LogP contribution in [-0.2, 0) is 13.0 Å². The highest BCUT2D eigenvalue weighted by Gasteiger charge is 2.11. The molecule has 0 aromatic heterocycles. The predicted molar refractivity (Wildman–Crippen MR) is 101 cm³/mol. The van der Waals surface area contributed by atoms with Crippen molar-refractivity contribution >= 4 is 11.9 Å². The second-order valence-electron chi connectivity index (χ2n) is 6.37. The molecule has 2 aromatic carbocycles. The van der Waals surface area contributed by atoms with E-state index in [0.29, 0.717) is 18.5 Å². The third-order valence-corrected chi connectivity index (χ3v) is 4.12. The molecular formula is C20H25N3O3. The fourth-order valence-electron chi connectivity index (χ4n) is 2.58. The summed E-state index contributed by atoms with van der Waals surface area (Å²) in [5.74, 6) is -0.556. The number of nitrogens with one attached hydrogen (secondary N) is 2. The molecule has 0 bridgehead atoms. The Bertz CT molecular complexity index is 744. The van der Waals surface area contributed by atoms with E-state index in [2.05, 4.69) is 10.6 Å². The molecule has 0 radical (unpaired) electrons. The Labute approximate surface area is 153 Å². The first kappa shape index (κ1) is 19.5. The minimum atomic E-state index is -0.502. The molecule has 0 fully saturated rings. The van der Waals surface area contributed by atoms with Crippen LogP contribution in [0, 0.1) is 12.8 Å². The number of carbonyl (C=O) groups excluding carboxylic acids is 2. The lowest BCUT2D eigenvalue weighted by molar-refractivity contribution is 0.1000. The average Bonchev–Trinajstić information content (AvgIpc) is 2.65. The molecule has 0 aliphatic heterocycles. The van der Waals surface area contributed by atoms with Gasteiger partial charge in [-0.1, -0.05) is 42.0 Å². The fraction of sp³-hybridized carbons (Fsp3) is 0.300. The van der Waals surface area contributed by atoms with E-state index in [9.17, 15) is 14.7 Å². The topological polar surface area (TPSA) is 104 Å². The van der Waals surface area contributed by atoms with Gasteiger partial charge in [-0.05, 0) is 36.6 Å². The van der Waals surface area contributed by atoms with Crippen molar-refractivity contribution in [2.24, 2.45) is 11.7 Å². The summed E-state index contributed by atoms with van der Waals surface area (Å²) in [7, 11) is 0. The molecule has 0 spiro atoms. The molecule has 138 valence electrons. The molecule has 2 rings (SSSR count). The second-order valence-corrected chi connectivity index (χ2v) is 6.37. The number of amides is 3. The maximum Gasteiger partial charge on any atom is 0.315 e. The number of nitrogens with two attached hydrogens (primary N) is 1. The van der Waals surface area contributed by atoms with Crippen molar-refractivity contribution in [2.45, 2.75) is 19.9 Å². The number of hydrogen-bond acceptors (Lipinski definition) is 3. The molecule has 0 aliphatic carbocycles. The number of rotatable bonds is 8. The van der Waals surface area contributed by atoms with Gasteiger partial charge in [0.2, 0.25) is 5.91 Å². The molecule has 6 nitrogen and oxygen atoms in total. The van der Waals surface area contributed by atoms with Crippen molar-refractivity contribution in [3.05, 3.63) is 70.8 Å². The number of aliphatic hydroxyl groups excluding tert-OH is 1. The fourth-order valence-corrected chi connectivity index (χ4v) is 2.58. The quantitative estimate of drug-likeness (QED) is 0.580. The Kier molecular flexibility index (Phi) is 7.17. The van der Waals surface area contributed by atoms with E-state index in [0.717, 1.165) is 11.1 Å². The van der Waals surface area contributed by atoms with Crippen molar-refractivity contribution in [3.63, 3.8) is 0 Å². The highest BCUT2D eigenvalue weighted by Crippen LogP contribution is 2.09. The van der Waals surface area contributed by atoms with Gasteiger partial charge < -0.3 is 21.5 Å². The summed E-state index contributed by atoms with van der Waals surface area (Å²) in [6.07, 6.45) is 0.692. The lowest BCUT2D eigenvalue weighted by Gasteiger charge is -2.16. The highest BCUT2D eigenvalue weighted by molar-refractivity contribution is 5.92. The first-order valence-corrected chi connectivity index (χ1v) is 8.54. The van der Waals surface area contributed by atoms with Crippen LogP contribution in [-0.4, -0.2) is 30.2 Å². The summed E-state index contributed by atoms with van der Waals surface area (Å²) in [5, 5.41) is 15.0. The second kappa shape index (κ2) is 9.58. The van der Waals surface area contributed by atoms with Gasteiger partial charge in [0.25, 0.3) is 0 Å². The third-order valence-electron chi connectivity index (χ3n) is 4.12. The largest absolute Gasteiger partial charge is 0.396 e. The first-order valence-electron chi connectivity index (χ1n) is 8.54. The lowest BCUT2D eigenvalue weighted by atomic mass is 9.99. The van der Waals surface area contributed by atoms with Crippen LogP contribution in [0.5, 0.6) is 0 Å². The predicted octanol–water partition coefficient (Wildman–Crippen LogP) is 1.74. The molecule has 1 atom stereocenters. The normalized spacial score (nSPS) is 11.6. The lowest BCUT2D eigenvalue weighted by Crippen LogP contribution is -2.39. The third kappa shape index (κ3) is 6.22. The number of aryl methyl sites for hydroxylation is 1. The van der Waals surface area contributed by atoms with Gasteiger partial charge in [0, 0.05) is 31.2 Å². The standard InChI is InChI=1S/C20H25N3O3/c1-14-5-7-15(8-6-14)9-17(13-24)12-23-20(26)22-11-16-3-2-4-18(10-16)19(21)25/h2-8,10,17,24H,9,11-13H2,1H3,(H2,21,25)(H2,22,23,26)/t17-/m0/s1. The number of benzene rings is 2. The van der Waals surface area contributed by atoms with Crippen LogP contribution in [0.4, 0.5) is 4.79 Å². The van der Waals surface area contributed by atoms with E-state index in [1.165, 1.54) is 5.56 Å². The monoisotopic (exact) mass is 355 g/mol. The van der Waals surface area contributed by atoms with Gasteiger partial charge in [0.1, 0.15) is 0 Å². The number of urea groups is 1. The SMILES string of the molecule is Cc1ccc(C[C@H](CO)CNC(=O)NCc2cccc(C(N)=O)c2)cc1. The number of hydrogen-bond donors (Lipinski definition) is 4. The summed E-state index contributed by atoms with van der Waals surface area (Å²) in [6.45, 7) is 2.68. The number of primary amides is 1. The van der Waals surface area contributed by atoms with Crippen molar-refractivity contribution < 1.29 is 14.7 Å². The van der Waals surface area contributed by atoms with Crippen molar-refractivity contribution in [3.8, 4) is 0 Å². The molecule has 0 aliphatic rings.